The lowest BCUT2D eigenvalue weighted by atomic mass is 9.97. The van der Waals surface area contributed by atoms with Crippen molar-refractivity contribution in [2.45, 2.75) is 31.4 Å². The van der Waals surface area contributed by atoms with Gasteiger partial charge in [0.05, 0.1) is 7.11 Å². The number of hydrogen-bond acceptors (Lipinski definition) is 4. The number of amides is 2. The van der Waals surface area contributed by atoms with E-state index in [0.29, 0.717) is 26.1 Å². The monoisotopic (exact) mass is 408 g/mol. The molecule has 2 aromatic carbocycles. The summed E-state index contributed by atoms with van der Waals surface area (Å²) in [4.78, 5) is 29.3. The van der Waals surface area contributed by atoms with Gasteiger partial charge in [-0.25, -0.2) is 0 Å². The highest BCUT2D eigenvalue weighted by atomic mass is 16.5. The highest BCUT2D eigenvalue weighted by molar-refractivity contribution is 5.90. The zero-order chi connectivity index (χ0) is 21.1. The van der Waals surface area contributed by atoms with E-state index >= 15 is 0 Å². The molecule has 4 rings (SSSR count). The van der Waals surface area contributed by atoms with E-state index in [1.54, 1.807) is 24.0 Å². The van der Waals surface area contributed by atoms with E-state index in [1.165, 1.54) is 0 Å². The molecule has 2 aliphatic rings. The highest BCUT2D eigenvalue weighted by Crippen LogP contribution is 2.26. The molecular formula is C24H28N2O4. The van der Waals surface area contributed by atoms with Gasteiger partial charge < -0.3 is 19.3 Å². The van der Waals surface area contributed by atoms with Gasteiger partial charge in [0.15, 0.2) is 0 Å². The molecule has 0 N–H and O–H groups in total. The van der Waals surface area contributed by atoms with Crippen LogP contribution in [0.15, 0.2) is 48.5 Å². The lowest BCUT2D eigenvalue weighted by Crippen LogP contribution is -2.60. The third kappa shape index (κ3) is 4.19. The third-order valence-corrected chi connectivity index (χ3v) is 5.99. The van der Waals surface area contributed by atoms with Gasteiger partial charge in [-0.15, -0.1) is 0 Å². The van der Waals surface area contributed by atoms with E-state index in [9.17, 15) is 9.59 Å². The number of piperazine rings is 1. The van der Waals surface area contributed by atoms with Crippen molar-refractivity contribution >= 4 is 11.8 Å². The van der Waals surface area contributed by atoms with Crippen LogP contribution >= 0.6 is 0 Å². The Kier molecular flexibility index (Phi) is 6.04. The van der Waals surface area contributed by atoms with E-state index in [-0.39, 0.29) is 11.8 Å². The first-order chi connectivity index (χ1) is 14.6. The summed E-state index contributed by atoms with van der Waals surface area (Å²) < 4.78 is 10.9. The minimum Gasteiger partial charge on any atom is -0.497 e. The first kappa shape index (κ1) is 20.4. The number of methoxy groups -OCH3 is 1. The van der Waals surface area contributed by atoms with Crippen molar-refractivity contribution in [1.82, 2.24) is 9.80 Å². The average Bonchev–Trinajstić information content (AvgIpc) is 3.32. The number of rotatable bonds is 5. The number of likely N-dealkylation sites (N-methyl/N-ethyl adjacent to an activating group) is 1. The van der Waals surface area contributed by atoms with Crippen LogP contribution in [-0.2, 0) is 20.7 Å². The third-order valence-electron chi connectivity index (χ3n) is 5.99. The summed E-state index contributed by atoms with van der Waals surface area (Å²) in [5.74, 6) is 0.757. The number of nitrogens with zero attached hydrogens (tertiary/aromatic N) is 2. The summed E-state index contributed by atoms with van der Waals surface area (Å²) >= 11 is 0. The molecule has 0 spiro atoms. The number of carbonyl (C=O) groups excluding carboxylic acids is 2. The SMILES string of the molecule is COc1cccc(-c2ccc(C[C@H]3C(=O)N(C)CCN3C(=O)[C@@H]3CCCO3)cc2)c1. The van der Waals surface area contributed by atoms with Gasteiger partial charge in [0.2, 0.25) is 5.91 Å². The van der Waals surface area contributed by atoms with E-state index in [1.807, 2.05) is 48.5 Å². The molecule has 2 heterocycles. The van der Waals surface area contributed by atoms with Crippen molar-refractivity contribution in [2.75, 3.05) is 33.9 Å². The zero-order valence-electron chi connectivity index (χ0n) is 17.5. The fourth-order valence-electron chi connectivity index (χ4n) is 4.19. The van der Waals surface area contributed by atoms with Gasteiger partial charge in [0.25, 0.3) is 5.91 Å². The second-order valence-corrected chi connectivity index (χ2v) is 7.94. The first-order valence-corrected chi connectivity index (χ1v) is 10.5. The molecule has 2 atom stereocenters. The maximum Gasteiger partial charge on any atom is 0.252 e. The van der Waals surface area contributed by atoms with Crippen LogP contribution < -0.4 is 4.74 Å². The number of ether oxygens (including phenoxy) is 2. The first-order valence-electron chi connectivity index (χ1n) is 10.5. The standard InChI is InChI=1S/C24H28N2O4/c1-25-12-13-26(24(28)22-7-4-14-30-22)21(23(25)27)15-17-8-10-18(11-9-17)19-5-3-6-20(16-19)29-2/h3,5-6,8-11,16,21-22H,4,7,12-15H2,1-2H3/t21-,22-/m0/s1. The Morgan fingerprint density at radius 2 is 1.93 bits per heavy atom. The summed E-state index contributed by atoms with van der Waals surface area (Å²) in [5, 5.41) is 0. The van der Waals surface area contributed by atoms with E-state index in [2.05, 4.69) is 0 Å². The number of benzene rings is 2. The molecule has 0 radical (unpaired) electrons. The van der Waals surface area contributed by atoms with Crippen LogP contribution in [-0.4, -0.2) is 67.6 Å². The Bertz CT molecular complexity index is 906. The van der Waals surface area contributed by atoms with Gasteiger partial charge in [0.1, 0.15) is 17.9 Å². The summed E-state index contributed by atoms with van der Waals surface area (Å²) in [6, 6.07) is 15.6. The highest BCUT2D eigenvalue weighted by Gasteiger charge is 2.39. The van der Waals surface area contributed by atoms with E-state index in [4.69, 9.17) is 9.47 Å². The topological polar surface area (TPSA) is 59.1 Å². The minimum atomic E-state index is -0.483. The van der Waals surface area contributed by atoms with Crippen molar-refractivity contribution in [3.8, 4) is 16.9 Å². The van der Waals surface area contributed by atoms with Gasteiger partial charge in [-0.3, -0.25) is 9.59 Å². The zero-order valence-corrected chi connectivity index (χ0v) is 17.5. The molecule has 2 amide bonds. The van der Waals surface area contributed by atoms with Crippen molar-refractivity contribution < 1.29 is 19.1 Å². The summed E-state index contributed by atoms with van der Waals surface area (Å²) in [6.07, 6.45) is 1.73. The van der Waals surface area contributed by atoms with Crippen LogP contribution in [0.3, 0.4) is 0 Å². The van der Waals surface area contributed by atoms with Crippen LogP contribution in [0.4, 0.5) is 0 Å². The maximum atomic E-state index is 13.0. The maximum absolute atomic E-state index is 13.0. The summed E-state index contributed by atoms with van der Waals surface area (Å²) in [7, 11) is 3.46. The number of carbonyl (C=O) groups is 2. The largest absolute Gasteiger partial charge is 0.497 e. The fraction of sp³-hybridized carbons (Fsp3) is 0.417. The lowest BCUT2D eigenvalue weighted by Gasteiger charge is -2.40. The fourth-order valence-corrected chi connectivity index (χ4v) is 4.19. The molecule has 0 aliphatic carbocycles. The second kappa shape index (κ2) is 8.88. The quantitative estimate of drug-likeness (QED) is 0.763. The summed E-state index contributed by atoms with van der Waals surface area (Å²) in [5.41, 5.74) is 3.18. The molecule has 2 aromatic rings. The van der Waals surface area contributed by atoms with Crippen molar-refractivity contribution in [3.63, 3.8) is 0 Å². The molecule has 2 fully saturated rings. The van der Waals surface area contributed by atoms with Crippen LogP contribution in [0.5, 0.6) is 5.75 Å². The number of hydrogen-bond donors (Lipinski definition) is 0. The van der Waals surface area contributed by atoms with Crippen molar-refractivity contribution in [3.05, 3.63) is 54.1 Å². The molecule has 2 aliphatic heterocycles. The molecule has 6 nitrogen and oxygen atoms in total. The normalized spacial score (nSPS) is 21.7. The Hall–Kier alpha value is -2.86. The van der Waals surface area contributed by atoms with Gasteiger partial charge in [-0.2, -0.15) is 0 Å². The molecule has 6 heteroatoms. The molecule has 2 saturated heterocycles. The minimum absolute atomic E-state index is 0.00975. The van der Waals surface area contributed by atoms with Gasteiger partial charge >= 0.3 is 0 Å². The Morgan fingerprint density at radius 1 is 1.13 bits per heavy atom. The van der Waals surface area contributed by atoms with Gasteiger partial charge in [-0.1, -0.05) is 36.4 Å². The van der Waals surface area contributed by atoms with Crippen molar-refractivity contribution in [2.24, 2.45) is 0 Å². The predicted octanol–water partition coefficient (Wildman–Crippen LogP) is 2.75. The van der Waals surface area contributed by atoms with Crippen LogP contribution in [0.2, 0.25) is 0 Å². The summed E-state index contributed by atoms with van der Waals surface area (Å²) in [6.45, 7) is 1.73. The Labute approximate surface area is 177 Å². The van der Waals surface area contributed by atoms with Crippen LogP contribution in [0, 0.1) is 0 Å². The Morgan fingerprint density at radius 3 is 2.63 bits per heavy atom. The molecule has 0 aromatic heterocycles. The van der Waals surface area contributed by atoms with Crippen molar-refractivity contribution in [1.29, 1.82) is 0 Å². The van der Waals surface area contributed by atoms with E-state index < -0.39 is 12.1 Å². The second-order valence-electron chi connectivity index (χ2n) is 7.94. The van der Waals surface area contributed by atoms with Gasteiger partial charge in [0, 0.05) is 33.2 Å². The molecule has 30 heavy (non-hydrogen) atoms. The molecule has 158 valence electrons. The van der Waals surface area contributed by atoms with Gasteiger partial charge in [-0.05, 0) is 41.7 Å². The molecule has 0 saturated carbocycles. The lowest BCUT2D eigenvalue weighted by molar-refractivity contribution is -0.155. The Balaban J connectivity index is 1.52. The molecular weight excluding hydrogens is 380 g/mol. The average molecular weight is 408 g/mol. The molecule has 0 unspecified atom stereocenters. The predicted molar refractivity (Wildman–Crippen MR) is 114 cm³/mol. The van der Waals surface area contributed by atoms with Crippen LogP contribution in [0.25, 0.3) is 11.1 Å². The molecule has 0 bridgehead atoms. The van der Waals surface area contributed by atoms with E-state index in [0.717, 1.165) is 35.3 Å². The smallest absolute Gasteiger partial charge is 0.252 e. The van der Waals surface area contributed by atoms with Crippen LogP contribution in [0.1, 0.15) is 18.4 Å².